The van der Waals surface area contributed by atoms with Crippen LogP contribution in [0.2, 0.25) is 0 Å². The lowest BCUT2D eigenvalue weighted by Crippen LogP contribution is -2.06. The molecule has 0 N–H and O–H groups in total. The molecule has 0 atom stereocenters. The SMILES string of the molecule is COc1ccc(Cn2c(Cc3ccc(-c4ccccc4)cc3)nc3ccccc32)cc1. The highest BCUT2D eigenvalue weighted by Crippen LogP contribution is 2.23. The van der Waals surface area contributed by atoms with Gasteiger partial charge in [0, 0.05) is 13.0 Å². The smallest absolute Gasteiger partial charge is 0.118 e. The van der Waals surface area contributed by atoms with Crippen molar-refractivity contribution in [3.63, 3.8) is 0 Å². The molecule has 5 rings (SSSR count). The average Bonchev–Trinajstić information content (AvgIpc) is 3.17. The van der Waals surface area contributed by atoms with Crippen molar-refractivity contribution in [2.75, 3.05) is 7.11 Å². The zero-order valence-corrected chi connectivity index (χ0v) is 17.5. The van der Waals surface area contributed by atoms with Gasteiger partial charge in [0.2, 0.25) is 0 Å². The Morgan fingerprint density at radius 3 is 2.06 bits per heavy atom. The number of imidazole rings is 1. The first-order valence-corrected chi connectivity index (χ1v) is 10.5. The zero-order valence-electron chi connectivity index (χ0n) is 17.5. The van der Waals surface area contributed by atoms with Crippen molar-refractivity contribution in [1.29, 1.82) is 0 Å². The molecule has 0 saturated carbocycles. The van der Waals surface area contributed by atoms with Gasteiger partial charge in [0.25, 0.3) is 0 Å². The maximum atomic E-state index is 5.30. The van der Waals surface area contributed by atoms with Crippen LogP contribution in [0.1, 0.15) is 17.0 Å². The Kier molecular flexibility index (Phi) is 5.24. The normalized spacial score (nSPS) is 11.0. The number of benzene rings is 4. The summed E-state index contributed by atoms with van der Waals surface area (Å²) in [6.45, 7) is 0.780. The molecule has 1 aromatic heterocycles. The summed E-state index contributed by atoms with van der Waals surface area (Å²) in [6.07, 6.45) is 0.792. The lowest BCUT2D eigenvalue weighted by Gasteiger charge is -2.11. The van der Waals surface area contributed by atoms with E-state index >= 15 is 0 Å². The van der Waals surface area contributed by atoms with E-state index in [0.29, 0.717) is 0 Å². The molecular weight excluding hydrogens is 380 g/mol. The van der Waals surface area contributed by atoms with Crippen LogP contribution in [-0.4, -0.2) is 16.7 Å². The fourth-order valence-corrected chi connectivity index (χ4v) is 3.98. The molecule has 0 bridgehead atoms. The molecule has 1 heterocycles. The van der Waals surface area contributed by atoms with Crippen LogP contribution in [0.25, 0.3) is 22.2 Å². The predicted octanol–water partition coefficient (Wildman–Crippen LogP) is 6.35. The number of ether oxygens (including phenoxy) is 1. The molecule has 0 radical (unpaired) electrons. The van der Waals surface area contributed by atoms with E-state index in [1.165, 1.54) is 22.3 Å². The number of nitrogens with zero attached hydrogens (tertiary/aromatic N) is 2. The molecule has 0 aliphatic heterocycles. The Bertz CT molecular complexity index is 1290. The summed E-state index contributed by atoms with van der Waals surface area (Å²) in [4.78, 5) is 4.96. The largest absolute Gasteiger partial charge is 0.497 e. The van der Waals surface area contributed by atoms with Crippen molar-refractivity contribution >= 4 is 11.0 Å². The van der Waals surface area contributed by atoms with Crippen LogP contribution in [0.4, 0.5) is 0 Å². The van der Waals surface area contributed by atoms with Gasteiger partial charge < -0.3 is 9.30 Å². The molecular formula is C28H24N2O. The van der Waals surface area contributed by atoms with Crippen molar-refractivity contribution in [3.05, 3.63) is 120 Å². The van der Waals surface area contributed by atoms with Crippen molar-refractivity contribution in [3.8, 4) is 16.9 Å². The quantitative estimate of drug-likeness (QED) is 0.330. The first kappa shape index (κ1) is 19.1. The van der Waals surface area contributed by atoms with Crippen LogP contribution in [0, 0.1) is 0 Å². The summed E-state index contributed by atoms with van der Waals surface area (Å²) >= 11 is 0. The third-order valence-corrected chi connectivity index (χ3v) is 5.66. The van der Waals surface area contributed by atoms with Gasteiger partial charge in [-0.1, -0.05) is 78.9 Å². The van der Waals surface area contributed by atoms with Crippen LogP contribution >= 0.6 is 0 Å². The van der Waals surface area contributed by atoms with Gasteiger partial charge in [-0.3, -0.25) is 0 Å². The Morgan fingerprint density at radius 2 is 1.32 bits per heavy atom. The molecule has 3 nitrogen and oxygen atoms in total. The molecule has 152 valence electrons. The lowest BCUT2D eigenvalue weighted by atomic mass is 10.0. The molecule has 4 aromatic carbocycles. The average molecular weight is 405 g/mol. The fraction of sp³-hybridized carbons (Fsp3) is 0.107. The summed E-state index contributed by atoms with van der Waals surface area (Å²) in [5.74, 6) is 1.95. The number of para-hydroxylation sites is 2. The Morgan fingerprint density at radius 1 is 0.677 bits per heavy atom. The minimum absolute atomic E-state index is 0.780. The number of fused-ring (bicyclic) bond motifs is 1. The van der Waals surface area contributed by atoms with Gasteiger partial charge in [-0.25, -0.2) is 4.98 Å². The number of hydrogen-bond donors (Lipinski definition) is 0. The van der Waals surface area contributed by atoms with Crippen molar-refractivity contribution in [1.82, 2.24) is 9.55 Å². The number of rotatable bonds is 6. The van der Waals surface area contributed by atoms with E-state index in [-0.39, 0.29) is 0 Å². The highest BCUT2D eigenvalue weighted by Gasteiger charge is 2.12. The van der Waals surface area contributed by atoms with Gasteiger partial charge in [-0.15, -0.1) is 0 Å². The Labute approximate surface area is 182 Å². The van der Waals surface area contributed by atoms with Crippen LogP contribution in [0.3, 0.4) is 0 Å². The molecule has 0 amide bonds. The van der Waals surface area contributed by atoms with Gasteiger partial charge in [0.1, 0.15) is 11.6 Å². The summed E-state index contributed by atoms with van der Waals surface area (Å²) in [7, 11) is 1.69. The monoisotopic (exact) mass is 404 g/mol. The second kappa shape index (κ2) is 8.49. The highest BCUT2D eigenvalue weighted by molar-refractivity contribution is 5.76. The van der Waals surface area contributed by atoms with Gasteiger partial charge >= 0.3 is 0 Å². The number of aromatic nitrogens is 2. The third kappa shape index (κ3) is 4.08. The number of hydrogen-bond acceptors (Lipinski definition) is 2. The summed E-state index contributed by atoms with van der Waals surface area (Å²) in [5, 5.41) is 0. The van der Waals surface area contributed by atoms with E-state index in [0.717, 1.165) is 35.6 Å². The van der Waals surface area contributed by atoms with Crippen LogP contribution < -0.4 is 4.74 Å². The predicted molar refractivity (Wildman–Crippen MR) is 127 cm³/mol. The second-order valence-electron chi connectivity index (χ2n) is 7.69. The zero-order chi connectivity index (χ0) is 21.0. The van der Waals surface area contributed by atoms with Crippen LogP contribution in [0.15, 0.2) is 103 Å². The lowest BCUT2D eigenvalue weighted by molar-refractivity contribution is 0.414. The maximum absolute atomic E-state index is 5.30. The summed E-state index contributed by atoms with van der Waals surface area (Å²) in [6, 6.07) is 35.9. The third-order valence-electron chi connectivity index (χ3n) is 5.66. The van der Waals surface area contributed by atoms with E-state index in [1.807, 2.05) is 24.3 Å². The van der Waals surface area contributed by atoms with Crippen molar-refractivity contribution < 1.29 is 4.74 Å². The van der Waals surface area contributed by atoms with Crippen molar-refractivity contribution in [2.45, 2.75) is 13.0 Å². The molecule has 0 aliphatic rings. The van der Waals surface area contributed by atoms with Gasteiger partial charge in [-0.05, 0) is 46.5 Å². The van der Waals surface area contributed by atoms with Crippen LogP contribution in [0.5, 0.6) is 5.75 Å². The topological polar surface area (TPSA) is 27.1 Å². The summed E-state index contributed by atoms with van der Waals surface area (Å²) in [5.41, 5.74) is 7.15. The highest BCUT2D eigenvalue weighted by atomic mass is 16.5. The Hall–Kier alpha value is -3.85. The van der Waals surface area contributed by atoms with E-state index in [9.17, 15) is 0 Å². The van der Waals surface area contributed by atoms with Gasteiger partial charge in [0.05, 0.1) is 18.1 Å². The maximum Gasteiger partial charge on any atom is 0.118 e. The fourth-order valence-electron chi connectivity index (χ4n) is 3.98. The van der Waals surface area contributed by atoms with E-state index in [2.05, 4.69) is 83.4 Å². The van der Waals surface area contributed by atoms with Crippen LogP contribution in [-0.2, 0) is 13.0 Å². The van der Waals surface area contributed by atoms with E-state index in [1.54, 1.807) is 7.11 Å². The molecule has 3 heteroatoms. The van der Waals surface area contributed by atoms with Crippen molar-refractivity contribution in [2.24, 2.45) is 0 Å². The summed E-state index contributed by atoms with van der Waals surface area (Å²) < 4.78 is 7.62. The standard InChI is InChI=1S/C28H24N2O/c1-31-25-17-13-22(14-18-25)20-30-27-10-6-5-9-26(27)29-28(30)19-21-11-15-24(16-12-21)23-7-3-2-4-8-23/h2-18H,19-20H2,1H3. The molecule has 0 fully saturated rings. The molecule has 31 heavy (non-hydrogen) atoms. The number of methoxy groups -OCH3 is 1. The molecule has 0 unspecified atom stereocenters. The second-order valence-corrected chi connectivity index (χ2v) is 7.69. The van der Waals surface area contributed by atoms with Gasteiger partial charge in [-0.2, -0.15) is 0 Å². The minimum Gasteiger partial charge on any atom is -0.497 e. The van der Waals surface area contributed by atoms with Gasteiger partial charge in [0.15, 0.2) is 0 Å². The molecule has 0 spiro atoms. The van der Waals surface area contributed by atoms with E-state index in [4.69, 9.17) is 9.72 Å². The Balaban J connectivity index is 1.46. The molecule has 0 saturated heterocycles. The van der Waals surface area contributed by atoms with E-state index < -0.39 is 0 Å². The minimum atomic E-state index is 0.780. The molecule has 5 aromatic rings. The first-order chi connectivity index (χ1) is 15.3. The first-order valence-electron chi connectivity index (χ1n) is 10.5. The molecule has 0 aliphatic carbocycles.